The first-order valence-electron chi connectivity index (χ1n) is 7.41. The second kappa shape index (κ2) is 6.95. The minimum absolute atomic E-state index is 0.0148. The summed E-state index contributed by atoms with van der Waals surface area (Å²) in [4.78, 5) is 25.7. The number of likely N-dealkylation sites (tertiary alicyclic amines) is 1. The largest absolute Gasteiger partial charge is 0.453 e. The first-order valence-corrected chi connectivity index (χ1v) is 7.41. The highest BCUT2D eigenvalue weighted by Crippen LogP contribution is 2.26. The van der Waals surface area contributed by atoms with Crippen LogP contribution >= 0.6 is 0 Å². The zero-order valence-corrected chi connectivity index (χ0v) is 13.4. The molecular formula is C15H28N2O3. The molecule has 1 heterocycles. The van der Waals surface area contributed by atoms with Crippen molar-refractivity contribution in [2.45, 2.75) is 53.0 Å². The number of nitrogens with zero attached hydrogens (tertiary/aromatic N) is 1. The Hall–Kier alpha value is -1.26. The van der Waals surface area contributed by atoms with Gasteiger partial charge in [-0.2, -0.15) is 0 Å². The van der Waals surface area contributed by atoms with E-state index in [9.17, 15) is 9.59 Å². The third-order valence-electron chi connectivity index (χ3n) is 3.67. The van der Waals surface area contributed by atoms with Gasteiger partial charge < -0.3 is 15.0 Å². The smallest absolute Gasteiger partial charge is 0.407 e. The summed E-state index contributed by atoms with van der Waals surface area (Å²) in [6.45, 7) is 9.31. The maximum Gasteiger partial charge on any atom is 0.407 e. The van der Waals surface area contributed by atoms with Crippen molar-refractivity contribution in [3.8, 4) is 0 Å². The number of ether oxygens (including phenoxy) is 1. The van der Waals surface area contributed by atoms with Crippen LogP contribution in [0.15, 0.2) is 0 Å². The van der Waals surface area contributed by atoms with Gasteiger partial charge in [0.15, 0.2) is 0 Å². The van der Waals surface area contributed by atoms with E-state index in [1.807, 2.05) is 25.7 Å². The van der Waals surface area contributed by atoms with Crippen LogP contribution < -0.4 is 5.32 Å². The fourth-order valence-electron chi connectivity index (χ4n) is 2.79. The van der Waals surface area contributed by atoms with E-state index in [-0.39, 0.29) is 17.4 Å². The molecule has 0 spiro atoms. The molecule has 1 saturated heterocycles. The molecule has 2 amide bonds. The van der Waals surface area contributed by atoms with Crippen molar-refractivity contribution < 1.29 is 14.3 Å². The molecule has 1 aliphatic rings. The molecule has 0 aromatic carbocycles. The molecule has 0 aliphatic carbocycles. The number of alkyl carbamates (subject to hydrolysis) is 1. The molecule has 5 heteroatoms. The van der Waals surface area contributed by atoms with E-state index >= 15 is 0 Å². The Labute approximate surface area is 122 Å². The number of hydrogen-bond donors (Lipinski definition) is 1. The van der Waals surface area contributed by atoms with Crippen molar-refractivity contribution in [2.24, 2.45) is 11.3 Å². The van der Waals surface area contributed by atoms with Gasteiger partial charge in [0.2, 0.25) is 5.91 Å². The zero-order valence-electron chi connectivity index (χ0n) is 13.4. The molecule has 0 aromatic rings. The van der Waals surface area contributed by atoms with Gasteiger partial charge in [-0.3, -0.25) is 4.79 Å². The summed E-state index contributed by atoms with van der Waals surface area (Å²) in [7, 11) is 1.36. The van der Waals surface area contributed by atoms with Crippen molar-refractivity contribution in [3.05, 3.63) is 0 Å². The number of carbonyl (C=O) groups is 2. The topological polar surface area (TPSA) is 58.6 Å². The van der Waals surface area contributed by atoms with Crippen LogP contribution in [-0.4, -0.2) is 43.1 Å². The van der Waals surface area contributed by atoms with Crippen molar-refractivity contribution in [1.82, 2.24) is 10.2 Å². The minimum Gasteiger partial charge on any atom is -0.453 e. The highest BCUT2D eigenvalue weighted by atomic mass is 16.5. The van der Waals surface area contributed by atoms with Gasteiger partial charge in [-0.1, -0.05) is 34.1 Å². The number of nitrogens with one attached hydrogen (secondary N) is 1. The highest BCUT2D eigenvalue weighted by molar-refractivity contribution is 5.81. The van der Waals surface area contributed by atoms with E-state index in [0.29, 0.717) is 12.5 Å². The summed E-state index contributed by atoms with van der Waals surface area (Å²) < 4.78 is 4.66. The summed E-state index contributed by atoms with van der Waals surface area (Å²) in [6, 6.07) is -0.0148. The van der Waals surface area contributed by atoms with E-state index in [2.05, 4.69) is 17.0 Å². The molecule has 0 saturated carbocycles. The molecule has 1 aliphatic heterocycles. The molecule has 2 unspecified atom stereocenters. The Morgan fingerprint density at radius 1 is 1.30 bits per heavy atom. The van der Waals surface area contributed by atoms with Crippen LogP contribution in [0, 0.1) is 11.3 Å². The molecule has 2 atom stereocenters. The van der Waals surface area contributed by atoms with Crippen molar-refractivity contribution in [3.63, 3.8) is 0 Å². The lowest BCUT2D eigenvalue weighted by Gasteiger charge is -2.40. The lowest BCUT2D eigenvalue weighted by atomic mass is 9.87. The zero-order chi connectivity index (χ0) is 15.3. The van der Waals surface area contributed by atoms with Gasteiger partial charge in [-0.25, -0.2) is 4.79 Å². The highest BCUT2D eigenvalue weighted by Gasteiger charge is 2.34. The first kappa shape index (κ1) is 16.8. The predicted octanol–water partition coefficient (Wildman–Crippen LogP) is 2.41. The number of methoxy groups -OCH3 is 1. The molecule has 0 bridgehead atoms. The van der Waals surface area contributed by atoms with E-state index in [4.69, 9.17) is 0 Å². The Kier molecular flexibility index (Phi) is 5.84. The lowest BCUT2D eigenvalue weighted by Crippen LogP contribution is -2.54. The normalized spacial score (nSPS) is 23.4. The summed E-state index contributed by atoms with van der Waals surface area (Å²) in [5, 5.41) is 2.84. The SMILES string of the molecule is CCCC1CC(NC(=O)OC)CN(C(=O)C(C)(C)C)C1. The van der Waals surface area contributed by atoms with Gasteiger partial charge in [0.05, 0.1) is 13.2 Å². The Morgan fingerprint density at radius 3 is 2.45 bits per heavy atom. The average Bonchev–Trinajstić information content (AvgIpc) is 2.36. The number of carbonyl (C=O) groups excluding carboxylic acids is 2. The Bertz CT molecular complexity index is 350. The number of rotatable bonds is 3. The van der Waals surface area contributed by atoms with Gasteiger partial charge in [0, 0.05) is 18.5 Å². The van der Waals surface area contributed by atoms with Crippen LogP contribution in [0.2, 0.25) is 0 Å². The second-order valence-electron chi connectivity index (χ2n) is 6.68. The molecular weight excluding hydrogens is 256 g/mol. The maximum absolute atomic E-state index is 12.5. The van der Waals surface area contributed by atoms with Gasteiger partial charge in [0.1, 0.15) is 0 Å². The quantitative estimate of drug-likeness (QED) is 0.865. The summed E-state index contributed by atoms with van der Waals surface area (Å²) in [5.74, 6) is 0.595. The predicted molar refractivity (Wildman–Crippen MR) is 78.4 cm³/mol. The summed E-state index contributed by atoms with van der Waals surface area (Å²) in [5.41, 5.74) is -0.385. The maximum atomic E-state index is 12.5. The van der Waals surface area contributed by atoms with Crippen molar-refractivity contribution >= 4 is 12.0 Å². The van der Waals surface area contributed by atoms with Gasteiger partial charge in [-0.15, -0.1) is 0 Å². The van der Waals surface area contributed by atoms with E-state index in [1.165, 1.54) is 7.11 Å². The number of piperidine rings is 1. The van der Waals surface area contributed by atoms with Gasteiger partial charge in [-0.05, 0) is 18.8 Å². The molecule has 0 aromatic heterocycles. The first-order chi connectivity index (χ1) is 9.27. The van der Waals surface area contributed by atoms with Crippen LogP contribution in [0.4, 0.5) is 4.79 Å². The molecule has 20 heavy (non-hydrogen) atoms. The van der Waals surface area contributed by atoms with Crippen LogP contribution in [-0.2, 0) is 9.53 Å². The van der Waals surface area contributed by atoms with Crippen LogP contribution in [0.3, 0.4) is 0 Å². The second-order valence-corrected chi connectivity index (χ2v) is 6.68. The monoisotopic (exact) mass is 284 g/mol. The minimum atomic E-state index is -0.421. The van der Waals surface area contributed by atoms with Crippen LogP contribution in [0.1, 0.15) is 47.0 Å². The van der Waals surface area contributed by atoms with E-state index < -0.39 is 6.09 Å². The van der Waals surface area contributed by atoms with Gasteiger partial charge >= 0.3 is 6.09 Å². The Morgan fingerprint density at radius 2 is 1.95 bits per heavy atom. The van der Waals surface area contributed by atoms with E-state index in [0.717, 1.165) is 25.8 Å². The van der Waals surface area contributed by atoms with Crippen molar-refractivity contribution in [1.29, 1.82) is 0 Å². The molecule has 116 valence electrons. The molecule has 1 rings (SSSR count). The molecule has 5 nitrogen and oxygen atoms in total. The van der Waals surface area contributed by atoms with E-state index in [1.54, 1.807) is 0 Å². The standard InChI is InChI=1S/C15H28N2O3/c1-6-7-11-8-12(16-14(19)20-5)10-17(9-11)13(18)15(2,3)4/h11-12H,6-10H2,1-5H3,(H,16,19). The van der Waals surface area contributed by atoms with Crippen molar-refractivity contribution in [2.75, 3.05) is 20.2 Å². The fourth-order valence-corrected chi connectivity index (χ4v) is 2.79. The fraction of sp³-hybridized carbons (Fsp3) is 0.867. The Balaban J connectivity index is 2.75. The molecule has 1 fully saturated rings. The molecule has 1 N–H and O–H groups in total. The third-order valence-corrected chi connectivity index (χ3v) is 3.67. The third kappa shape index (κ3) is 4.69. The molecule has 0 radical (unpaired) electrons. The van der Waals surface area contributed by atoms with Crippen LogP contribution in [0.5, 0.6) is 0 Å². The average molecular weight is 284 g/mol. The van der Waals surface area contributed by atoms with Gasteiger partial charge in [0.25, 0.3) is 0 Å². The van der Waals surface area contributed by atoms with Crippen LogP contribution in [0.25, 0.3) is 0 Å². The summed E-state index contributed by atoms with van der Waals surface area (Å²) >= 11 is 0. The lowest BCUT2D eigenvalue weighted by molar-refractivity contribution is -0.142. The summed E-state index contributed by atoms with van der Waals surface area (Å²) in [6.07, 6.45) is 2.66. The number of hydrogen-bond acceptors (Lipinski definition) is 3. The number of amides is 2.